The topological polar surface area (TPSA) is 66.6 Å². The molecule has 116 valence electrons. The van der Waals surface area contributed by atoms with E-state index in [2.05, 4.69) is 5.16 Å². The Morgan fingerprint density at radius 2 is 2.09 bits per heavy atom. The first-order valence-corrected chi connectivity index (χ1v) is 7.62. The van der Waals surface area contributed by atoms with Gasteiger partial charge in [0.1, 0.15) is 17.0 Å². The number of carbonyl (C=O) groups excluding carboxylic acids is 1. The lowest BCUT2D eigenvalue weighted by molar-refractivity contribution is 0.0764. The number of β-amino-alcohol motifs (C(OH)–C–C–N with tert-alkyl or cyclic N) is 1. The third kappa shape index (κ3) is 2.60. The Morgan fingerprint density at radius 3 is 2.68 bits per heavy atom. The molecule has 1 aliphatic rings. The molecule has 1 atom stereocenters. The van der Waals surface area contributed by atoms with Gasteiger partial charge in [-0.15, -0.1) is 0 Å². The average molecular weight is 341 g/mol. The van der Waals surface area contributed by atoms with Gasteiger partial charge in [-0.3, -0.25) is 4.79 Å². The van der Waals surface area contributed by atoms with Crippen LogP contribution in [0.2, 0.25) is 10.0 Å². The second-order valence-electron chi connectivity index (χ2n) is 5.25. The van der Waals surface area contributed by atoms with Crippen LogP contribution in [0.1, 0.15) is 22.5 Å². The van der Waals surface area contributed by atoms with Gasteiger partial charge in [0.2, 0.25) is 0 Å². The normalized spacial score (nSPS) is 18.0. The molecule has 5 nitrogen and oxygen atoms in total. The van der Waals surface area contributed by atoms with Crippen molar-refractivity contribution in [1.29, 1.82) is 0 Å². The smallest absolute Gasteiger partial charge is 0.259 e. The molecule has 22 heavy (non-hydrogen) atoms. The fourth-order valence-corrected chi connectivity index (χ4v) is 3.18. The maximum Gasteiger partial charge on any atom is 0.259 e. The van der Waals surface area contributed by atoms with Crippen LogP contribution in [0.5, 0.6) is 0 Å². The molecule has 0 saturated carbocycles. The Bertz CT molecular complexity index is 709. The van der Waals surface area contributed by atoms with Crippen molar-refractivity contribution < 1.29 is 14.4 Å². The zero-order chi connectivity index (χ0) is 15.9. The van der Waals surface area contributed by atoms with Crippen molar-refractivity contribution in [3.63, 3.8) is 0 Å². The number of aryl methyl sites for hydroxylation is 1. The van der Waals surface area contributed by atoms with E-state index >= 15 is 0 Å². The van der Waals surface area contributed by atoms with Crippen LogP contribution < -0.4 is 0 Å². The zero-order valence-corrected chi connectivity index (χ0v) is 13.4. The van der Waals surface area contributed by atoms with Crippen molar-refractivity contribution in [3.8, 4) is 11.3 Å². The maximum absolute atomic E-state index is 12.7. The summed E-state index contributed by atoms with van der Waals surface area (Å²) in [6.07, 6.45) is 0.0783. The van der Waals surface area contributed by atoms with Gasteiger partial charge in [-0.1, -0.05) is 34.4 Å². The van der Waals surface area contributed by atoms with E-state index < -0.39 is 6.10 Å². The first-order chi connectivity index (χ1) is 10.5. The molecule has 1 amide bonds. The van der Waals surface area contributed by atoms with E-state index in [-0.39, 0.29) is 5.91 Å². The monoisotopic (exact) mass is 340 g/mol. The number of hydrogen-bond donors (Lipinski definition) is 1. The molecular weight excluding hydrogens is 327 g/mol. The van der Waals surface area contributed by atoms with Gasteiger partial charge >= 0.3 is 0 Å². The van der Waals surface area contributed by atoms with Crippen molar-refractivity contribution in [2.75, 3.05) is 13.1 Å². The molecule has 1 N–H and O–H groups in total. The molecule has 3 rings (SSSR count). The molecule has 0 aliphatic carbocycles. The van der Waals surface area contributed by atoms with Crippen molar-refractivity contribution in [1.82, 2.24) is 10.1 Å². The van der Waals surface area contributed by atoms with E-state index in [0.717, 1.165) is 0 Å². The van der Waals surface area contributed by atoms with Crippen LogP contribution >= 0.6 is 23.2 Å². The lowest BCUT2D eigenvalue weighted by Gasteiger charge is -2.16. The number of benzene rings is 1. The van der Waals surface area contributed by atoms with Gasteiger partial charge in [-0.05, 0) is 25.5 Å². The predicted molar refractivity (Wildman–Crippen MR) is 83.2 cm³/mol. The van der Waals surface area contributed by atoms with E-state index in [1.807, 2.05) is 0 Å². The quantitative estimate of drug-likeness (QED) is 0.911. The molecular formula is C15H14Cl2N2O3. The van der Waals surface area contributed by atoms with Crippen molar-refractivity contribution in [3.05, 3.63) is 39.6 Å². The Hall–Kier alpha value is -1.56. The summed E-state index contributed by atoms with van der Waals surface area (Å²) in [5.41, 5.74) is 1.15. The molecule has 0 spiro atoms. The zero-order valence-electron chi connectivity index (χ0n) is 11.8. The van der Waals surface area contributed by atoms with Gasteiger partial charge < -0.3 is 14.5 Å². The number of likely N-dealkylation sites (tertiary alicyclic amines) is 1. The molecule has 1 aromatic carbocycles. The SMILES string of the molecule is Cc1onc(-c2c(Cl)cccc2Cl)c1C(=O)N1CC[C@@H](O)C1. The Labute approximate surface area is 137 Å². The van der Waals surface area contributed by atoms with Crippen LogP contribution in [0.3, 0.4) is 0 Å². The molecule has 1 aromatic heterocycles. The van der Waals surface area contributed by atoms with Crippen molar-refractivity contribution in [2.45, 2.75) is 19.4 Å². The van der Waals surface area contributed by atoms with Crippen LogP contribution in [-0.4, -0.2) is 40.3 Å². The summed E-state index contributed by atoms with van der Waals surface area (Å²) in [6, 6.07) is 5.08. The third-order valence-corrected chi connectivity index (χ3v) is 4.36. The van der Waals surface area contributed by atoms with E-state index in [0.29, 0.717) is 52.1 Å². The van der Waals surface area contributed by atoms with Gasteiger partial charge in [0.25, 0.3) is 5.91 Å². The second-order valence-corrected chi connectivity index (χ2v) is 6.07. The molecule has 0 bridgehead atoms. The van der Waals surface area contributed by atoms with Crippen LogP contribution in [-0.2, 0) is 0 Å². The number of halogens is 2. The molecule has 0 unspecified atom stereocenters. The predicted octanol–water partition coefficient (Wildman–Crippen LogP) is 3.16. The van der Waals surface area contributed by atoms with Gasteiger partial charge in [-0.25, -0.2) is 0 Å². The van der Waals surface area contributed by atoms with E-state index in [1.54, 1.807) is 30.0 Å². The summed E-state index contributed by atoms with van der Waals surface area (Å²) in [5.74, 6) is 0.165. The Balaban J connectivity index is 2.07. The number of amides is 1. The summed E-state index contributed by atoms with van der Waals surface area (Å²) in [6.45, 7) is 2.47. The van der Waals surface area contributed by atoms with Gasteiger partial charge in [0.05, 0.1) is 16.1 Å². The van der Waals surface area contributed by atoms with Crippen LogP contribution in [0.25, 0.3) is 11.3 Å². The first-order valence-electron chi connectivity index (χ1n) is 6.87. The number of nitrogens with zero attached hydrogens (tertiary/aromatic N) is 2. The number of aliphatic hydroxyl groups excluding tert-OH is 1. The largest absolute Gasteiger partial charge is 0.391 e. The lowest BCUT2D eigenvalue weighted by Crippen LogP contribution is -2.30. The second kappa shape index (κ2) is 5.91. The van der Waals surface area contributed by atoms with Gasteiger partial charge in [0, 0.05) is 18.7 Å². The molecule has 1 aliphatic heterocycles. The Kier molecular flexibility index (Phi) is 4.12. The lowest BCUT2D eigenvalue weighted by atomic mass is 10.0. The molecule has 2 aromatic rings. The minimum absolute atomic E-state index is 0.235. The standard InChI is InChI=1S/C15H14Cl2N2O3/c1-8-12(15(21)19-6-5-9(20)7-19)14(18-22-8)13-10(16)3-2-4-11(13)17/h2-4,9,20H,5-7H2,1H3/t9-/m1/s1. The van der Waals surface area contributed by atoms with Crippen LogP contribution in [0, 0.1) is 6.92 Å². The maximum atomic E-state index is 12.7. The average Bonchev–Trinajstić information content (AvgIpc) is 3.05. The highest BCUT2D eigenvalue weighted by Crippen LogP contribution is 2.37. The molecule has 2 heterocycles. The van der Waals surface area contributed by atoms with Crippen molar-refractivity contribution >= 4 is 29.1 Å². The van der Waals surface area contributed by atoms with Crippen molar-refractivity contribution in [2.24, 2.45) is 0 Å². The fraction of sp³-hybridized carbons (Fsp3) is 0.333. The number of carbonyl (C=O) groups is 1. The molecule has 1 fully saturated rings. The number of aromatic nitrogens is 1. The van der Waals surface area contributed by atoms with Gasteiger partial charge in [0.15, 0.2) is 0 Å². The number of rotatable bonds is 2. The minimum atomic E-state index is -0.489. The van der Waals surface area contributed by atoms with Gasteiger partial charge in [-0.2, -0.15) is 0 Å². The molecule has 1 saturated heterocycles. The van der Waals surface area contributed by atoms with E-state index in [4.69, 9.17) is 27.7 Å². The molecule has 7 heteroatoms. The number of hydrogen-bond acceptors (Lipinski definition) is 4. The Morgan fingerprint density at radius 1 is 1.41 bits per heavy atom. The summed E-state index contributed by atoms with van der Waals surface area (Å²) in [4.78, 5) is 14.3. The summed E-state index contributed by atoms with van der Waals surface area (Å²) in [5, 5.41) is 14.4. The van der Waals surface area contributed by atoms with Crippen LogP contribution in [0.4, 0.5) is 0 Å². The summed E-state index contributed by atoms with van der Waals surface area (Å²) < 4.78 is 5.19. The van der Waals surface area contributed by atoms with Crippen LogP contribution in [0.15, 0.2) is 22.7 Å². The van der Waals surface area contributed by atoms with E-state index in [9.17, 15) is 9.90 Å². The molecule has 0 radical (unpaired) electrons. The third-order valence-electron chi connectivity index (χ3n) is 3.73. The van der Waals surface area contributed by atoms with E-state index in [1.165, 1.54) is 0 Å². The summed E-state index contributed by atoms with van der Waals surface area (Å²) in [7, 11) is 0. The fourth-order valence-electron chi connectivity index (χ4n) is 2.60. The highest BCUT2D eigenvalue weighted by atomic mass is 35.5. The highest BCUT2D eigenvalue weighted by Gasteiger charge is 2.31. The highest BCUT2D eigenvalue weighted by molar-refractivity contribution is 6.39. The minimum Gasteiger partial charge on any atom is -0.391 e. The first kappa shape index (κ1) is 15.3. The summed E-state index contributed by atoms with van der Waals surface area (Å²) >= 11 is 12.4. The number of aliphatic hydroxyl groups is 1.